The summed E-state index contributed by atoms with van der Waals surface area (Å²) < 4.78 is 37.0. The number of hydrogen-bond donors (Lipinski definition) is 0. The minimum atomic E-state index is -0.688. The van der Waals surface area contributed by atoms with Gasteiger partial charge in [-0.2, -0.15) is 0 Å². The van der Waals surface area contributed by atoms with E-state index in [4.69, 9.17) is 9.47 Å². The lowest BCUT2D eigenvalue weighted by molar-refractivity contribution is 0.0275. The van der Waals surface area contributed by atoms with Gasteiger partial charge in [0.1, 0.15) is 29.1 Å². The van der Waals surface area contributed by atoms with E-state index in [0.29, 0.717) is 19.5 Å². The molecule has 0 N–H and O–H groups in total. The van der Waals surface area contributed by atoms with Crippen LogP contribution in [0.4, 0.5) is 13.6 Å². The second kappa shape index (κ2) is 5.87. The lowest BCUT2D eigenvalue weighted by Gasteiger charge is -2.24. The fraction of sp³-hybridized carbons (Fsp3) is 0.533. The summed E-state index contributed by atoms with van der Waals surface area (Å²) in [7, 11) is 0. The Morgan fingerprint density at radius 2 is 1.86 bits per heavy atom. The topological polar surface area (TPSA) is 38.8 Å². The van der Waals surface area contributed by atoms with Crippen LogP contribution in [0.2, 0.25) is 0 Å². The summed E-state index contributed by atoms with van der Waals surface area (Å²) in [5.41, 5.74) is -0.554. The first-order chi connectivity index (χ1) is 9.73. The molecule has 1 aromatic rings. The third-order valence-electron chi connectivity index (χ3n) is 2.94. The van der Waals surface area contributed by atoms with E-state index < -0.39 is 23.3 Å². The first kappa shape index (κ1) is 15.5. The van der Waals surface area contributed by atoms with Gasteiger partial charge in [-0.25, -0.2) is 13.6 Å². The molecule has 1 heterocycles. The number of hydrogen-bond acceptors (Lipinski definition) is 3. The van der Waals surface area contributed by atoms with Crippen LogP contribution in [0.1, 0.15) is 27.2 Å². The summed E-state index contributed by atoms with van der Waals surface area (Å²) >= 11 is 0. The number of halogens is 2. The predicted octanol–water partition coefficient (Wildman–Crippen LogP) is 3.35. The lowest BCUT2D eigenvalue weighted by atomic mass is 10.2. The molecule has 2 rings (SSSR count). The quantitative estimate of drug-likeness (QED) is 0.840. The van der Waals surface area contributed by atoms with Gasteiger partial charge in [-0.05, 0) is 20.8 Å². The molecule has 1 aliphatic heterocycles. The molecule has 4 nitrogen and oxygen atoms in total. The molecule has 1 aliphatic rings. The Morgan fingerprint density at radius 3 is 2.43 bits per heavy atom. The predicted molar refractivity (Wildman–Crippen MR) is 73.2 cm³/mol. The van der Waals surface area contributed by atoms with Crippen molar-refractivity contribution in [1.29, 1.82) is 0 Å². The van der Waals surface area contributed by atoms with E-state index in [1.54, 1.807) is 20.8 Å². The van der Waals surface area contributed by atoms with Crippen LogP contribution in [-0.4, -0.2) is 35.8 Å². The largest absolute Gasteiger partial charge is 0.488 e. The van der Waals surface area contributed by atoms with Crippen molar-refractivity contribution in [3.63, 3.8) is 0 Å². The van der Waals surface area contributed by atoms with E-state index in [1.807, 2.05) is 0 Å². The van der Waals surface area contributed by atoms with Crippen molar-refractivity contribution in [2.24, 2.45) is 0 Å². The van der Waals surface area contributed by atoms with Gasteiger partial charge in [0.15, 0.2) is 0 Å². The molecule has 1 amide bonds. The number of rotatable bonds is 2. The molecule has 0 bridgehead atoms. The van der Waals surface area contributed by atoms with E-state index in [0.717, 1.165) is 18.2 Å². The van der Waals surface area contributed by atoms with E-state index in [-0.39, 0.29) is 11.9 Å². The number of likely N-dealkylation sites (tertiary alicyclic amines) is 1. The Labute approximate surface area is 122 Å². The zero-order valence-corrected chi connectivity index (χ0v) is 12.4. The van der Waals surface area contributed by atoms with Crippen LogP contribution in [0.5, 0.6) is 5.75 Å². The van der Waals surface area contributed by atoms with Gasteiger partial charge < -0.3 is 14.4 Å². The van der Waals surface area contributed by atoms with Gasteiger partial charge in [0, 0.05) is 31.2 Å². The molecule has 0 radical (unpaired) electrons. The molecule has 0 saturated carbocycles. The Balaban J connectivity index is 1.92. The van der Waals surface area contributed by atoms with Crippen LogP contribution >= 0.6 is 0 Å². The molecule has 6 heteroatoms. The van der Waals surface area contributed by atoms with Crippen molar-refractivity contribution in [1.82, 2.24) is 4.90 Å². The zero-order chi connectivity index (χ0) is 15.6. The average Bonchev–Trinajstić information content (AvgIpc) is 2.73. The van der Waals surface area contributed by atoms with Gasteiger partial charge in [-0.15, -0.1) is 0 Å². The number of nitrogens with zero attached hydrogens (tertiary/aromatic N) is 1. The van der Waals surface area contributed by atoms with Crippen molar-refractivity contribution in [2.45, 2.75) is 38.9 Å². The minimum absolute atomic E-state index is 0.128. The second-order valence-electron chi connectivity index (χ2n) is 6.06. The fourth-order valence-corrected chi connectivity index (χ4v) is 2.11. The smallest absolute Gasteiger partial charge is 0.410 e. The van der Waals surface area contributed by atoms with Crippen molar-refractivity contribution >= 4 is 6.09 Å². The third kappa shape index (κ3) is 4.58. The van der Waals surface area contributed by atoms with E-state index in [2.05, 4.69) is 0 Å². The first-order valence-electron chi connectivity index (χ1n) is 6.83. The van der Waals surface area contributed by atoms with Crippen molar-refractivity contribution in [2.75, 3.05) is 13.1 Å². The minimum Gasteiger partial charge on any atom is -0.488 e. The zero-order valence-electron chi connectivity index (χ0n) is 12.4. The maximum absolute atomic E-state index is 13.1. The Hall–Kier alpha value is -1.85. The van der Waals surface area contributed by atoms with Gasteiger partial charge >= 0.3 is 6.09 Å². The summed E-state index contributed by atoms with van der Waals surface area (Å²) in [4.78, 5) is 13.4. The molecule has 0 aromatic heterocycles. The van der Waals surface area contributed by atoms with E-state index >= 15 is 0 Å². The highest BCUT2D eigenvalue weighted by atomic mass is 19.1. The number of carbonyl (C=O) groups is 1. The summed E-state index contributed by atoms with van der Waals surface area (Å²) in [6.45, 7) is 6.23. The second-order valence-corrected chi connectivity index (χ2v) is 6.06. The van der Waals surface area contributed by atoms with Gasteiger partial charge in [-0.1, -0.05) is 0 Å². The van der Waals surface area contributed by atoms with Crippen LogP contribution in [0.3, 0.4) is 0 Å². The van der Waals surface area contributed by atoms with Crippen LogP contribution < -0.4 is 4.74 Å². The Kier molecular flexibility index (Phi) is 4.34. The number of carbonyl (C=O) groups excluding carboxylic acids is 1. The molecule has 0 spiro atoms. The molecule has 1 unspecified atom stereocenters. The van der Waals surface area contributed by atoms with Gasteiger partial charge in [0.25, 0.3) is 0 Å². The fourth-order valence-electron chi connectivity index (χ4n) is 2.11. The van der Waals surface area contributed by atoms with Crippen LogP contribution in [-0.2, 0) is 4.74 Å². The summed E-state index contributed by atoms with van der Waals surface area (Å²) in [6.07, 6.45) is -0.102. The molecule has 116 valence electrons. The maximum atomic E-state index is 13.1. The maximum Gasteiger partial charge on any atom is 0.410 e. The van der Waals surface area contributed by atoms with Crippen molar-refractivity contribution in [3.8, 4) is 5.75 Å². The van der Waals surface area contributed by atoms with Gasteiger partial charge in [-0.3, -0.25) is 0 Å². The number of ether oxygens (including phenoxy) is 2. The number of amides is 1. The molecule has 1 aromatic carbocycles. The van der Waals surface area contributed by atoms with Crippen LogP contribution in [0, 0.1) is 11.6 Å². The van der Waals surface area contributed by atoms with Crippen molar-refractivity contribution in [3.05, 3.63) is 29.8 Å². The van der Waals surface area contributed by atoms with Gasteiger partial charge in [0.2, 0.25) is 0 Å². The highest BCUT2D eigenvalue weighted by Gasteiger charge is 2.30. The highest BCUT2D eigenvalue weighted by Crippen LogP contribution is 2.22. The highest BCUT2D eigenvalue weighted by molar-refractivity contribution is 5.68. The monoisotopic (exact) mass is 299 g/mol. The lowest BCUT2D eigenvalue weighted by Crippen LogP contribution is -2.36. The average molecular weight is 299 g/mol. The first-order valence-corrected chi connectivity index (χ1v) is 6.83. The Morgan fingerprint density at radius 1 is 1.24 bits per heavy atom. The molecule has 1 fully saturated rings. The van der Waals surface area contributed by atoms with Crippen molar-refractivity contribution < 1.29 is 23.0 Å². The van der Waals surface area contributed by atoms with Crippen LogP contribution in [0.25, 0.3) is 0 Å². The van der Waals surface area contributed by atoms with Gasteiger partial charge in [0.05, 0.1) is 6.54 Å². The molecule has 1 saturated heterocycles. The third-order valence-corrected chi connectivity index (χ3v) is 2.94. The standard InChI is InChI=1S/C15H19F2NO3/c1-15(2,3)21-14(19)18-5-4-12(9-18)20-13-7-10(16)6-11(17)8-13/h6-8,12H,4-5,9H2,1-3H3. The summed E-state index contributed by atoms with van der Waals surface area (Å²) in [5, 5.41) is 0. The summed E-state index contributed by atoms with van der Waals surface area (Å²) in [6, 6.07) is 3.03. The van der Waals surface area contributed by atoms with Crippen LogP contribution in [0.15, 0.2) is 18.2 Å². The van der Waals surface area contributed by atoms with E-state index in [9.17, 15) is 13.6 Å². The van der Waals surface area contributed by atoms with E-state index in [1.165, 1.54) is 4.90 Å². The summed E-state index contributed by atoms with van der Waals surface area (Å²) in [5.74, 6) is -1.25. The number of benzene rings is 1. The molecule has 0 aliphatic carbocycles. The molecule has 21 heavy (non-hydrogen) atoms. The Bertz CT molecular complexity index is 508. The SMILES string of the molecule is CC(C)(C)OC(=O)N1CCC(Oc2cc(F)cc(F)c2)C1. The normalized spacial score (nSPS) is 18.7. The molecular weight excluding hydrogens is 280 g/mol. The molecule has 1 atom stereocenters. The molecular formula is C15H19F2NO3.